The average molecular weight is 396 g/mol. The van der Waals surface area contributed by atoms with Crippen molar-refractivity contribution in [1.82, 2.24) is 0 Å². The Morgan fingerprint density at radius 3 is 1.47 bits per heavy atom. The SMILES string of the molecule is O=C(Oc1cccc2ccccc12)C1(C(=O)Oc2cccc3ccccc23)CCC1. The second-order valence-electron chi connectivity index (χ2n) is 7.67. The lowest BCUT2D eigenvalue weighted by Crippen LogP contribution is -2.49. The number of rotatable bonds is 4. The highest BCUT2D eigenvalue weighted by Crippen LogP contribution is 2.44. The summed E-state index contributed by atoms with van der Waals surface area (Å²) in [5.41, 5.74) is -1.26. The van der Waals surface area contributed by atoms with Crippen LogP contribution in [0.4, 0.5) is 0 Å². The first-order valence-electron chi connectivity index (χ1n) is 10.1. The van der Waals surface area contributed by atoms with E-state index < -0.39 is 17.4 Å². The third kappa shape index (κ3) is 3.01. The number of benzene rings is 4. The van der Waals surface area contributed by atoms with Gasteiger partial charge in [-0.3, -0.25) is 9.59 Å². The van der Waals surface area contributed by atoms with Gasteiger partial charge in [0.05, 0.1) is 0 Å². The summed E-state index contributed by atoms with van der Waals surface area (Å²) in [5, 5.41) is 3.63. The van der Waals surface area contributed by atoms with E-state index in [4.69, 9.17) is 9.47 Å². The molecule has 0 atom stereocenters. The van der Waals surface area contributed by atoms with Gasteiger partial charge in [0.15, 0.2) is 5.41 Å². The molecule has 1 aliphatic rings. The van der Waals surface area contributed by atoms with Crippen molar-refractivity contribution in [1.29, 1.82) is 0 Å². The molecular formula is C26H20O4. The van der Waals surface area contributed by atoms with Gasteiger partial charge in [-0.1, -0.05) is 72.8 Å². The molecule has 5 rings (SSSR count). The summed E-state index contributed by atoms with van der Waals surface area (Å²) in [6.07, 6.45) is 1.65. The molecule has 0 unspecified atom stereocenters. The maximum atomic E-state index is 13.1. The van der Waals surface area contributed by atoms with Gasteiger partial charge in [-0.2, -0.15) is 0 Å². The van der Waals surface area contributed by atoms with Gasteiger partial charge in [-0.15, -0.1) is 0 Å². The molecule has 0 aromatic heterocycles. The van der Waals surface area contributed by atoms with E-state index in [1.807, 2.05) is 72.8 Å². The number of ether oxygens (including phenoxy) is 2. The second kappa shape index (κ2) is 7.30. The predicted octanol–water partition coefficient (Wildman–Crippen LogP) is 5.67. The van der Waals surface area contributed by atoms with E-state index in [1.54, 1.807) is 12.1 Å². The molecule has 0 spiro atoms. The highest BCUT2D eigenvalue weighted by molar-refractivity contribution is 6.04. The molecule has 0 amide bonds. The van der Waals surface area contributed by atoms with Crippen LogP contribution in [-0.2, 0) is 9.59 Å². The van der Waals surface area contributed by atoms with Crippen LogP contribution < -0.4 is 9.47 Å². The Morgan fingerprint density at radius 1 is 0.600 bits per heavy atom. The zero-order valence-electron chi connectivity index (χ0n) is 16.3. The van der Waals surface area contributed by atoms with Gasteiger partial charge in [-0.25, -0.2) is 0 Å². The number of carbonyl (C=O) groups is 2. The van der Waals surface area contributed by atoms with Crippen molar-refractivity contribution in [2.24, 2.45) is 5.41 Å². The maximum Gasteiger partial charge on any atom is 0.328 e. The van der Waals surface area contributed by atoms with Crippen molar-refractivity contribution in [2.45, 2.75) is 19.3 Å². The number of hydrogen-bond donors (Lipinski definition) is 0. The van der Waals surface area contributed by atoms with Gasteiger partial charge in [0.1, 0.15) is 11.5 Å². The molecule has 4 aromatic rings. The van der Waals surface area contributed by atoms with Gasteiger partial charge < -0.3 is 9.47 Å². The van der Waals surface area contributed by atoms with Gasteiger partial charge in [-0.05, 0) is 42.2 Å². The molecule has 0 N–H and O–H groups in total. The minimum absolute atomic E-state index is 0.431. The van der Waals surface area contributed by atoms with E-state index in [0.717, 1.165) is 28.0 Å². The lowest BCUT2D eigenvalue weighted by molar-refractivity contribution is -0.167. The number of hydrogen-bond acceptors (Lipinski definition) is 4. The van der Waals surface area contributed by atoms with Gasteiger partial charge in [0.2, 0.25) is 0 Å². The normalized spacial score (nSPS) is 14.8. The van der Waals surface area contributed by atoms with E-state index in [9.17, 15) is 9.59 Å². The van der Waals surface area contributed by atoms with E-state index in [1.165, 1.54) is 0 Å². The Hall–Kier alpha value is -3.66. The quantitative estimate of drug-likeness (QED) is 0.253. The zero-order chi connectivity index (χ0) is 20.6. The summed E-state index contributed by atoms with van der Waals surface area (Å²) in [5.74, 6) is -0.171. The molecule has 4 heteroatoms. The van der Waals surface area contributed by atoms with Gasteiger partial charge in [0, 0.05) is 10.8 Å². The standard InChI is InChI=1S/C26H20O4/c27-24(29-22-14-5-10-18-8-1-3-12-20(18)22)26(16-7-17-26)25(28)30-23-15-6-11-19-9-2-4-13-21(19)23/h1-6,8-15H,7,16-17H2. The topological polar surface area (TPSA) is 52.6 Å². The lowest BCUT2D eigenvalue weighted by atomic mass is 9.68. The first-order chi connectivity index (χ1) is 14.7. The summed E-state index contributed by atoms with van der Waals surface area (Å²) in [6, 6.07) is 26.5. The average Bonchev–Trinajstić information content (AvgIpc) is 2.73. The largest absolute Gasteiger partial charge is 0.425 e. The molecule has 30 heavy (non-hydrogen) atoms. The number of carbonyl (C=O) groups excluding carboxylic acids is 2. The molecule has 4 nitrogen and oxygen atoms in total. The summed E-state index contributed by atoms with van der Waals surface area (Å²) in [7, 11) is 0. The number of fused-ring (bicyclic) bond motifs is 2. The van der Waals surface area contributed by atoms with E-state index in [2.05, 4.69) is 0 Å². The molecule has 0 heterocycles. The van der Waals surface area contributed by atoms with Crippen LogP contribution in [0, 0.1) is 5.41 Å². The van der Waals surface area contributed by atoms with Crippen LogP contribution in [0.1, 0.15) is 19.3 Å². The van der Waals surface area contributed by atoms with Crippen LogP contribution in [0.5, 0.6) is 11.5 Å². The molecule has 1 fully saturated rings. The van der Waals surface area contributed by atoms with Crippen molar-refractivity contribution in [3.63, 3.8) is 0 Å². The fourth-order valence-corrected chi connectivity index (χ4v) is 3.99. The summed E-state index contributed by atoms with van der Waals surface area (Å²) >= 11 is 0. The predicted molar refractivity (Wildman–Crippen MR) is 115 cm³/mol. The Bertz CT molecular complexity index is 1160. The summed E-state index contributed by atoms with van der Waals surface area (Å²) in [6.45, 7) is 0. The summed E-state index contributed by atoms with van der Waals surface area (Å²) in [4.78, 5) is 26.3. The van der Waals surface area contributed by atoms with E-state index in [0.29, 0.717) is 24.3 Å². The van der Waals surface area contributed by atoms with Crippen LogP contribution in [0.15, 0.2) is 84.9 Å². The highest BCUT2D eigenvalue weighted by Gasteiger charge is 2.54. The Balaban J connectivity index is 1.43. The van der Waals surface area contributed by atoms with Crippen molar-refractivity contribution in [3.05, 3.63) is 84.9 Å². The Kier molecular flexibility index (Phi) is 4.47. The van der Waals surface area contributed by atoms with Crippen molar-refractivity contribution in [2.75, 3.05) is 0 Å². The first kappa shape index (κ1) is 18.4. The maximum absolute atomic E-state index is 13.1. The fourth-order valence-electron chi connectivity index (χ4n) is 3.99. The minimum atomic E-state index is -1.26. The van der Waals surface area contributed by atoms with E-state index >= 15 is 0 Å². The minimum Gasteiger partial charge on any atom is -0.425 e. The van der Waals surface area contributed by atoms with Crippen LogP contribution in [0.2, 0.25) is 0 Å². The van der Waals surface area contributed by atoms with Crippen LogP contribution >= 0.6 is 0 Å². The van der Waals surface area contributed by atoms with Crippen LogP contribution in [-0.4, -0.2) is 11.9 Å². The smallest absolute Gasteiger partial charge is 0.328 e. The Morgan fingerprint density at radius 2 is 1.03 bits per heavy atom. The fraction of sp³-hybridized carbons (Fsp3) is 0.154. The molecule has 0 saturated heterocycles. The van der Waals surface area contributed by atoms with Crippen molar-refractivity contribution < 1.29 is 19.1 Å². The molecule has 0 radical (unpaired) electrons. The van der Waals surface area contributed by atoms with Crippen LogP contribution in [0.3, 0.4) is 0 Å². The molecule has 4 aromatic carbocycles. The monoisotopic (exact) mass is 396 g/mol. The molecule has 0 aliphatic heterocycles. The second-order valence-corrected chi connectivity index (χ2v) is 7.67. The lowest BCUT2D eigenvalue weighted by Gasteiger charge is -2.36. The van der Waals surface area contributed by atoms with Gasteiger partial charge in [0.25, 0.3) is 0 Å². The molecule has 148 valence electrons. The third-order valence-electron chi connectivity index (χ3n) is 5.89. The Labute approximate surface area is 174 Å². The molecule has 0 bridgehead atoms. The first-order valence-corrected chi connectivity index (χ1v) is 10.1. The van der Waals surface area contributed by atoms with E-state index in [-0.39, 0.29) is 0 Å². The summed E-state index contributed by atoms with van der Waals surface area (Å²) < 4.78 is 11.5. The molecule has 1 saturated carbocycles. The molecular weight excluding hydrogens is 376 g/mol. The van der Waals surface area contributed by atoms with Gasteiger partial charge >= 0.3 is 11.9 Å². The third-order valence-corrected chi connectivity index (χ3v) is 5.89. The molecule has 1 aliphatic carbocycles. The zero-order valence-corrected chi connectivity index (χ0v) is 16.3. The van der Waals surface area contributed by atoms with Crippen molar-refractivity contribution in [3.8, 4) is 11.5 Å². The van der Waals surface area contributed by atoms with Crippen LogP contribution in [0.25, 0.3) is 21.5 Å². The highest BCUT2D eigenvalue weighted by atomic mass is 16.6. The van der Waals surface area contributed by atoms with Crippen molar-refractivity contribution >= 4 is 33.5 Å². The number of esters is 2.